The highest BCUT2D eigenvalue weighted by atomic mass is 16.5. The van der Waals surface area contributed by atoms with Gasteiger partial charge in [0, 0.05) is 17.0 Å². The van der Waals surface area contributed by atoms with Gasteiger partial charge in [0.1, 0.15) is 12.7 Å². The maximum Gasteiger partial charge on any atom is 0.340 e. The minimum Gasteiger partial charge on any atom is -0.504 e. The molecular weight excluding hydrogens is 428 g/mol. The molecule has 0 saturated heterocycles. The summed E-state index contributed by atoms with van der Waals surface area (Å²) in [5.74, 6) is -0.288. The second-order valence-electron chi connectivity index (χ2n) is 7.05. The smallest absolute Gasteiger partial charge is 0.340 e. The summed E-state index contributed by atoms with van der Waals surface area (Å²) in [5, 5.41) is 24.7. The van der Waals surface area contributed by atoms with Crippen LogP contribution in [0.1, 0.15) is 23.0 Å². The van der Waals surface area contributed by atoms with Crippen molar-refractivity contribution < 1.29 is 29.2 Å². The first-order valence-electron chi connectivity index (χ1n) is 10.1. The number of carbonyl (C=O) groups is 1. The molecule has 0 bridgehead atoms. The molecule has 0 fully saturated rings. The Bertz CT molecular complexity index is 1320. The van der Waals surface area contributed by atoms with E-state index in [-0.39, 0.29) is 30.2 Å². The number of fused-ring (bicyclic) bond motifs is 1. The molecule has 0 amide bonds. The van der Waals surface area contributed by atoms with Crippen LogP contribution in [0, 0.1) is 0 Å². The van der Waals surface area contributed by atoms with E-state index in [1.54, 1.807) is 25.1 Å². The van der Waals surface area contributed by atoms with Crippen molar-refractivity contribution in [2.75, 3.05) is 20.8 Å². The minimum absolute atomic E-state index is 0.148. The van der Waals surface area contributed by atoms with Gasteiger partial charge in [0.05, 0.1) is 44.1 Å². The van der Waals surface area contributed by atoms with Gasteiger partial charge in [0.15, 0.2) is 23.0 Å². The van der Waals surface area contributed by atoms with Crippen LogP contribution in [-0.4, -0.2) is 56.8 Å². The first-order chi connectivity index (χ1) is 16.0. The molecule has 4 rings (SSSR count). The number of phenolic OH excluding ortho intramolecular Hbond substituents is 2. The summed E-state index contributed by atoms with van der Waals surface area (Å²) in [7, 11) is 3.03. The quantitative estimate of drug-likeness (QED) is 0.322. The summed E-state index contributed by atoms with van der Waals surface area (Å²) >= 11 is 0. The van der Waals surface area contributed by atoms with Gasteiger partial charge in [0.25, 0.3) is 0 Å². The molecule has 2 N–H and O–H groups in total. The number of aromatic hydroxyl groups is 2. The first kappa shape index (κ1) is 21.9. The molecule has 2 aromatic heterocycles. The number of carbonyl (C=O) groups excluding carboxylic acids is 1. The Kier molecular flexibility index (Phi) is 5.99. The monoisotopic (exact) mass is 450 g/mol. The second-order valence-corrected chi connectivity index (χ2v) is 7.05. The minimum atomic E-state index is -0.584. The first-order valence-corrected chi connectivity index (χ1v) is 10.1. The zero-order valence-corrected chi connectivity index (χ0v) is 18.3. The highest BCUT2D eigenvalue weighted by Gasteiger charge is 2.25. The molecule has 10 heteroatoms. The maximum absolute atomic E-state index is 13.2. The van der Waals surface area contributed by atoms with Gasteiger partial charge in [-0.25, -0.2) is 19.4 Å². The third-order valence-corrected chi connectivity index (χ3v) is 5.09. The predicted molar refractivity (Wildman–Crippen MR) is 119 cm³/mol. The molecule has 0 unspecified atom stereocenters. The van der Waals surface area contributed by atoms with Crippen molar-refractivity contribution in [1.82, 2.24) is 19.7 Å². The number of methoxy groups -OCH3 is 2. The fraction of sp³-hybridized carbons (Fsp3) is 0.217. The molecule has 0 saturated carbocycles. The van der Waals surface area contributed by atoms with E-state index in [4.69, 9.17) is 19.2 Å². The van der Waals surface area contributed by atoms with Gasteiger partial charge in [-0.2, -0.15) is 5.10 Å². The standard InChI is InChI=1S/C23H22N4O6/c1-4-33-23(30)22-16(10-27-12-24-11-25-27)26-15-9-20(32-3)19(31-2)8-14(15)21(22)13-5-6-17(28)18(29)7-13/h5-9,11-12,28-29H,4,10H2,1-3H3. The fourth-order valence-electron chi connectivity index (χ4n) is 3.63. The Balaban J connectivity index is 2.12. The van der Waals surface area contributed by atoms with Crippen molar-refractivity contribution in [3.63, 3.8) is 0 Å². The summed E-state index contributed by atoms with van der Waals surface area (Å²) in [6, 6.07) is 7.75. The second kappa shape index (κ2) is 9.03. The summed E-state index contributed by atoms with van der Waals surface area (Å²) < 4.78 is 17.8. The highest BCUT2D eigenvalue weighted by molar-refractivity contribution is 6.08. The number of benzene rings is 2. The van der Waals surface area contributed by atoms with Crippen molar-refractivity contribution >= 4 is 16.9 Å². The molecule has 0 atom stereocenters. The molecule has 0 aliphatic carbocycles. The van der Waals surface area contributed by atoms with Gasteiger partial charge >= 0.3 is 5.97 Å². The Hall–Kier alpha value is -4.34. The van der Waals surface area contributed by atoms with Crippen LogP contribution in [0.2, 0.25) is 0 Å². The molecule has 4 aromatic rings. The van der Waals surface area contributed by atoms with Gasteiger partial charge in [-0.05, 0) is 30.7 Å². The van der Waals surface area contributed by atoms with Crippen LogP contribution < -0.4 is 9.47 Å². The normalized spacial score (nSPS) is 10.9. The molecule has 2 heterocycles. The van der Waals surface area contributed by atoms with E-state index in [0.717, 1.165) is 0 Å². The Morgan fingerprint density at radius 3 is 2.45 bits per heavy atom. The molecule has 0 aliphatic heterocycles. The molecule has 0 spiro atoms. The average molecular weight is 450 g/mol. The number of hydrogen-bond acceptors (Lipinski definition) is 9. The number of aromatic nitrogens is 4. The fourth-order valence-corrected chi connectivity index (χ4v) is 3.63. The number of pyridine rings is 1. The Morgan fingerprint density at radius 1 is 1.06 bits per heavy atom. The molecule has 33 heavy (non-hydrogen) atoms. The SMILES string of the molecule is CCOC(=O)c1c(Cn2cncn2)nc2cc(OC)c(OC)cc2c1-c1ccc(O)c(O)c1. The largest absolute Gasteiger partial charge is 0.504 e. The van der Waals surface area contributed by atoms with Crippen molar-refractivity contribution in [3.8, 4) is 34.1 Å². The number of esters is 1. The van der Waals surface area contributed by atoms with Gasteiger partial charge < -0.3 is 24.4 Å². The van der Waals surface area contributed by atoms with E-state index >= 15 is 0 Å². The molecule has 0 radical (unpaired) electrons. The van der Waals surface area contributed by atoms with Crippen molar-refractivity contribution in [3.05, 3.63) is 54.2 Å². The lowest BCUT2D eigenvalue weighted by Crippen LogP contribution is -2.15. The number of hydrogen-bond donors (Lipinski definition) is 2. The van der Waals surface area contributed by atoms with Gasteiger partial charge in [-0.1, -0.05) is 6.07 Å². The van der Waals surface area contributed by atoms with E-state index in [9.17, 15) is 15.0 Å². The van der Waals surface area contributed by atoms with Crippen LogP contribution in [0.25, 0.3) is 22.0 Å². The van der Waals surface area contributed by atoms with Crippen LogP contribution in [0.3, 0.4) is 0 Å². The van der Waals surface area contributed by atoms with Crippen LogP contribution >= 0.6 is 0 Å². The van der Waals surface area contributed by atoms with Crippen molar-refractivity contribution in [2.45, 2.75) is 13.5 Å². The number of ether oxygens (including phenoxy) is 3. The molecule has 0 aliphatic rings. The Morgan fingerprint density at radius 2 is 1.82 bits per heavy atom. The molecular formula is C23H22N4O6. The Labute approximate surface area is 189 Å². The topological polar surface area (TPSA) is 129 Å². The number of phenols is 2. The molecule has 10 nitrogen and oxygen atoms in total. The summed E-state index contributed by atoms with van der Waals surface area (Å²) in [5.41, 5.74) is 2.06. The van der Waals surface area contributed by atoms with E-state index in [2.05, 4.69) is 10.1 Å². The zero-order chi connectivity index (χ0) is 23.5. The number of nitrogens with zero attached hydrogens (tertiary/aromatic N) is 4. The van der Waals surface area contributed by atoms with Crippen LogP contribution in [0.15, 0.2) is 43.0 Å². The van der Waals surface area contributed by atoms with Crippen LogP contribution in [-0.2, 0) is 11.3 Å². The van der Waals surface area contributed by atoms with Crippen LogP contribution in [0.5, 0.6) is 23.0 Å². The molecule has 2 aromatic carbocycles. The van der Waals surface area contributed by atoms with Crippen molar-refractivity contribution in [2.24, 2.45) is 0 Å². The predicted octanol–water partition coefficient (Wildman–Crippen LogP) is 3.15. The van der Waals surface area contributed by atoms with E-state index in [1.165, 1.54) is 43.7 Å². The highest BCUT2D eigenvalue weighted by Crippen LogP contribution is 2.41. The number of rotatable bonds is 7. The molecule has 170 valence electrons. The summed E-state index contributed by atoms with van der Waals surface area (Å²) in [4.78, 5) is 21.9. The van der Waals surface area contributed by atoms with Gasteiger partial charge in [0.2, 0.25) is 0 Å². The van der Waals surface area contributed by atoms with Gasteiger partial charge in [-0.15, -0.1) is 0 Å². The third-order valence-electron chi connectivity index (χ3n) is 5.09. The summed E-state index contributed by atoms with van der Waals surface area (Å²) in [6.07, 6.45) is 2.90. The van der Waals surface area contributed by atoms with Crippen LogP contribution in [0.4, 0.5) is 0 Å². The van der Waals surface area contributed by atoms with E-state index in [1.807, 2.05) is 0 Å². The average Bonchev–Trinajstić information content (AvgIpc) is 3.32. The van der Waals surface area contributed by atoms with E-state index in [0.29, 0.717) is 39.2 Å². The zero-order valence-electron chi connectivity index (χ0n) is 18.3. The lowest BCUT2D eigenvalue weighted by atomic mass is 9.93. The third kappa shape index (κ3) is 4.10. The van der Waals surface area contributed by atoms with Crippen molar-refractivity contribution in [1.29, 1.82) is 0 Å². The van der Waals surface area contributed by atoms with E-state index < -0.39 is 5.97 Å². The maximum atomic E-state index is 13.2. The lowest BCUT2D eigenvalue weighted by molar-refractivity contribution is 0.0525. The lowest BCUT2D eigenvalue weighted by Gasteiger charge is -2.18. The summed E-state index contributed by atoms with van der Waals surface area (Å²) in [6.45, 7) is 2.02. The van der Waals surface area contributed by atoms with Gasteiger partial charge in [-0.3, -0.25) is 0 Å².